The van der Waals surface area contributed by atoms with Gasteiger partial charge in [0.25, 0.3) is 0 Å². The number of benzene rings is 2. The standard InChI is InChI=1S/C27H30N2O5/c1-29(27(24(31)32)12-6-7-13-27)23(30)26(14-15-26)17-28-25(33)34-16-22-20-10-4-2-8-18(20)19-9-3-5-11-21(19)22/h2-5,8-11,22H,6-7,12-17H2,1H3,(H,28,33)(H,31,32). The molecule has 0 unspecified atom stereocenters. The molecule has 0 aromatic heterocycles. The van der Waals surface area contributed by atoms with Gasteiger partial charge in [-0.3, -0.25) is 4.79 Å². The molecule has 0 spiro atoms. The van der Waals surface area contributed by atoms with Crippen molar-refractivity contribution >= 4 is 18.0 Å². The second-order valence-corrected chi connectivity index (χ2v) is 9.87. The van der Waals surface area contributed by atoms with Crippen LogP contribution in [-0.2, 0) is 14.3 Å². The van der Waals surface area contributed by atoms with Crippen molar-refractivity contribution < 1.29 is 24.2 Å². The van der Waals surface area contributed by atoms with Gasteiger partial charge in [-0.05, 0) is 47.9 Å². The Kier molecular flexibility index (Phi) is 5.58. The highest BCUT2D eigenvalue weighted by molar-refractivity contribution is 5.92. The number of carbonyl (C=O) groups excluding carboxylic acids is 2. The molecule has 34 heavy (non-hydrogen) atoms. The van der Waals surface area contributed by atoms with Crippen molar-refractivity contribution in [3.63, 3.8) is 0 Å². The van der Waals surface area contributed by atoms with Crippen LogP contribution in [0.3, 0.4) is 0 Å². The van der Waals surface area contributed by atoms with Crippen molar-refractivity contribution in [3.05, 3.63) is 59.7 Å². The summed E-state index contributed by atoms with van der Waals surface area (Å²) >= 11 is 0. The van der Waals surface area contributed by atoms with E-state index in [4.69, 9.17) is 4.74 Å². The van der Waals surface area contributed by atoms with E-state index in [1.807, 2.05) is 24.3 Å². The molecule has 2 aromatic rings. The first-order chi connectivity index (χ1) is 16.4. The lowest BCUT2D eigenvalue weighted by Gasteiger charge is -2.37. The number of carbonyl (C=O) groups is 3. The number of amides is 2. The number of aliphatic carboxylic acids is 1. The van der Waals surface area contributed by atoms with Gasteiger partial charge in [-0.1, -0.05) is 61.4 Å². The maximum atomic E-state index is 13.2. The molecular weight excluding hydrogens is 432 g/mol. The Hall–Kier alpha value is -3.35. The monoisotopic (exact) mass is 462 g/mol. The van der Waals surface area contributed by atoms with Crippen molar-refractivity contribution in [2.45, 2.75) is 50.0 Å². The minimum atomic E-state index is -1.13. The Balaban J connectivity index is 1.20. The number of likely N-dealkylation sites (N-methyl/N-ethyl adjacent to an activating group) is 1. The molecule has 0 aliphatic heterocycles. The maximum absolute atomic E-state index is 13.2. The highest BCUT2D eigenvalue weighted by atomic mass is 16.5. The van der Waals surface area contributed by atoms with E-state index in [0.717, 1.165) is 35.1 Å². The fourth-order valence-electron chi connectivity index (χ4n) is 5.71. The Labute approximate surface area is 199 Å². The summed E-state index contributed by atoms with van der Waals surface area (Å²) in [4.78, 5) is 39.2. The molecule has 3 aliphatic carbocycles. The summed E-state index contributed by atoms with van der Waals surface area (Å²) in [5.41, 5.74) is 2.75. The van der Waals surface area contributed by atoms with Crippen molar-refractivity contribution in [1.29, 1.82) is 0 Å². The van der Waals surface area contributed by atoms with Crippen LogP contribution in [0.2, 0.25) is 0 Å². The van der Waals surface area contributed by atoms with E-state index < -0.39 is 23.0 Å². The van der Waals surface area contributed by atoms with Gasteiger partial charge >= 0.3 is 12.1 Å². The smallest absolute Gasteiger partial charge is 0.407 e. The van der Waals surface area contributed by atoms with Crippen LogP contribution in [0.5, 0.6) is 0 Å². The molecule has 178 valence electrons. The Bertz CT molecular complexity index is 1090. The van der Waals surface area contributed by atoms with Gasteiger partial charge in [0, 0.05) is 19.5 Å². The van der Waals surface area contributed by atoms with Gasteiger partial charge in [-0.25, -0.2) is 9.59 Å². The lowest BCUT2D eigenvalue weighted by molar-refractivity contribution is -0.159. The molecular formula is C27H30N2O5. The predicted molar refractivity (Wildman–Crippen MR) is 126 cm³/mol. The summed E-state index contributed by atoms with van der Waals surface area (Å²) in [7, 11) is 1.59. The molecule has 0 bridgehead atoms. The van der Waals surface area contributed by atoms with E-state index in [-0.39, 0.29) is 25.0 Å². The van der Waals surface area contributed by atoms with Crippen LogP contribution in [0.15, 0.2) is 48.5 Å². The fourth-order valence-corrected chi connectivity index (χ4v) is 5.71. The zero-order valence-electron chi connectivity index (χ0n) is 19.4. The number of carboxylic acid groups (broad SMARTS) is 1. The molecule has 2 fully saturated rings. The molecule has 3 aliphatic rings. The number of ether oxygens (including phenoxy) is 1. The third-order valence-electron chi connectivity index (χ3n) is 8.00. The van der Waals surface area contributed by atoms with Gasteiger partial charge in [0.15, 0.2) is 0 Å². The summed E-state index contributed by atoms with van der Waals surface area (Å²) in [6.07, 6.45) is 3.26. The fraction of sp³-hybridized carbons (Fsp3) is 0.444. The zero-order chi connectivity index (χ0) is 23.9. The quantitative estimate of drug-likeness (QED) is 0.644. The SMILES string of the molecule is CN(C(=O)C1(CNC(=O)OCC2c3ccccc3-c3ccccc32)CC1)C1(C(=O)O)CCCC1. The van der Waals surface area contributed by atoms with E-state index in [2.05, 4.69) is 29.6 Å². The van der Waals surface area contributed by atoms with Crippen LogP contribution in [0.4, 0.5) is 4.79 Å². The van der Waals surface area contributed by atoms with Gasteiger partial charge < -0.3 is 20.1 Å². The van der Waals surface area contributed by atoms with Gasteiger partial charge in [0.05, 0.1) is 5.41 Å². The summed E-state index contributed by atoms with van der Waals surface area (Å²) < 4.78 is 5.59. The lowest BCUT2D eigenvalue weighted by atomic mass is 9.93. The highest BCUT2D eigenvalue weighted by Gasteiger charge is 2.56. The van der Waals surface area contributed by atoms with E-state index in [1.165, 1.54) is 4.90 Å². The van der Waals surface area contributed by atoms with E-state index in [9.17, 15) is 19.5 Å². The normalized spacial score (nSPS) is 19.1. The average molecular weight is 463 g/mol. The number of hydrogen-bond acceptors (Lipinski definition) is 4. The number of nitrogens with zero attached hydrogens (tertiary/aromatic N) is 1. The number of hydrogen-bond donors (Lipinski definition) is 2. The van der Waals surface area contributed by atoms with Crippen LogP contribution in [0.1, 0.15) is 55.6 Å². The van der Waals surface area contributed by atoms with Crippen LogP contribution < -0.4 is 5.32 Å². The average Bonchev–Trinajstić information content (AvgIpc) is 3.34. The largest absolute Gasteiger partial charge is 0.479 e. The maximum Gasteiger partial charge on any atom is 0.407 e. The van der Waals surface area contributed by atoms with Gasteiger partial charge in [0.2, 0.25) is 5.91 Å². The van der Waals surface area contributed by atoms with Crippen molar-refractivity contribution in [2.24, 2.45) is 5.41 Å². The molecule has 7 heteroatoms. The first kappa shape index (κ1) is 22.4. The summed E-state index contributed by atoms with van der Waals surface area (Å²) in [5, 5.41) is 12.6. The number of carboxylic acids is 1. The van der Waals surface area contributed by atoms with E-state index >= 15 is 0 Å². The van der Waals surface area contributed by atoms with Crippen molar-refractivity contribution in [3.8, 4) is 11.1 Å². The van der Waals surface area contributed by atoms with E-state index in [0.29, 0.717) is 25.7 Å². The molecule has 0 atom stereocenters. The molecule has 5 rings (SSSR count). The topological polar surface area (TPSA) is 95.9 Å². The summed E-state index contributed by atoms with van der Waals surface area (Å²) in [5.74, 6) is -1.17. The summed E-state index contributed by atoms with van der Waals surface area (Å²) in [6, 6.07) is 16.3. The lowest BCUT2D eigenvalue weighted by Crippen LogP contribution is -2.56. The Morgan fingerprint density at radius 3 is 2.06 bits per heavy atom. The van der Waals surface area contributed by atoms with Gasteiger partial charge in [-0.2, -0.15) is 0 Å². The molecule has 2 amide bonds. The molecule has 2 N–H and O–H groups in total. The highest BCUT2D eigenvalue weighted by Crippen LogP contribution is 2.49. The summed E-state index contributed by atoms with van der Waals surface area (Å²) in [6.45, 7) is 0.366. The van der Waals surface area contributed by atoms with E-state index in [1.54, 1.807) is 7.05 Å². The van der Waals surface area contributed by atoms with Gasteiger partial charge in [0.1, 0.15) is 12.1 Å². The minimum Gasteiger partial charge on any atom is -0.479 e. The zero-order valence-corrected chi connectivity index (χ0v) is 19.4. The molecule has 0 saturated heterocycles. The Morgan fingerprint density at radius 1 is 0.971 bits per heavy atom. The second kappa shape index (κ2) is 8.46. The van der Waals surface area contributed by atoms with Crippen LogP contribution in [-0.4, -0.2) is 53.7 Å². The minimum absolute atomic E-state index is 0.0291. The number of rotatable bonds is 7. The molecule has 2 aromatic carbocycles. The molecule has 7 nitrogen and oxygen atoms in total. The van der Waals surface area contributed by atoms with Gasteiger partial charge in [-0.15, -0.1) is 0 Å². The second-order valence-electron chi connectivity index (χ2n) is 9.87. The van der Waals surface area contributed by atoms with Crippen LogP contribution in [0.25, 0.3) is 11.1 Å². The van der Waals surface area contributed by atoms with Crippen molar-refractivity contribution in [1.82, 2.24) is 10.2 Å². The first-order valence-electron chi connectivity index (χ1n) is 12.0. The number of fused-ring (bicyclic) bond motifs is 3. The molecule has 2 saturated carbocycles. The van der Waals surface area contributed by atoms with Crippen LogP contribution in [0, 0.1) is 5.41 Å². The molecule has 0 heterocycles. The third-order valence-corrected chi connectivity index (χ3v) is 8.00. The number of nitrogens with one attached hydrogen (secondary N) is 1. The number of alkyl carbamates (subject to hydrolysis) is 1. The molecule has 0 radical (unpaired) electrons. The Morgan fingerprint density at radius 2 is 1.53 bits per heavy atom. The third kappa shape index (κ3) is 3.63. The van der Waals surface area contributed by atoms with Crippen LogP contribution >= 0.6 is 0 Å². The first-order valence-corrected chi connectivity index (χ1v) is 12.0. The van der Waals surface area contributed by atoms with Crippen molar-refractivity contribution in [2.75, 3.05) is 20.2 Å². The predicted octanol–water partition coefficient (Wildman–Crippen LogP) is 4.16.